The van der Waals surface area contributed by atoms with Crippen LogP contribution in [0.3, 0.4) is 0 Å². The van der Waals surface area contributed by atoms with E-state index >= 15 is 0 Å². The number of ether oxygens (including phenoxy) is 2. The Morgan fingerprint density at radius 1 is 1.10 bits per heavy atom. The van der Waals surface area contributed by atoms with Crippen molar-refractivity contribution in [2.24, 2.45) is 0 Å². The molecule has 2 fully saturated rings. The third-order valence-corrected chi connectivity index (χ3v) is 5.50. The molecule has 1 spiro atoms. The maximum atomic E-state index is 13.2. The van der Waals surface area contributed by atoms with Crippen LogP contribution in [-0.2, 0) is 14.3 Å². The molecule has 2 aromatic rings. The number of morpholine rings is 1. The van der Waals surface area contributed by atoms with E-state index in [-0.39, 0.29) is 25.0 Å². The average molecular weight is 398 g/mol. The fourth-order valence-electron chi connectivity index (χ4n) is 3.82. The van der Waals surface area contributed by atoms with Crippen LogP contribution in [0, 0.1) is 5.82 Å². The molecule has 0 saturated carbocycles. The Balaban J connectivity index is 1.33. The van der Waals surface area contributed by atoms with Gasteiger partial charge in [0.1, 0.15) is 18.2 Å². The molecular formula is C22H23FN2O4. The van der Waals surface area contributed by atoms with Gasteiger partial charge in [0.05, 0.1) is 12.1 Å². The number of carbonyl (C=O) groups is 2. The molecule has 152 valence electrons. The predicted octanol–water partition coefficient (Wildman–Crippen LogP) is 2.63. The monoisotopic (exact) mass is 398 g/mol. The number of carbonyl (C=O) groups excluding carboxylic acids is 2. The normalized spacial score (nSPS) is 18.7. The summed E-state index contributed by atoms with van der Waals surface area (Å²) in [7, 11) is 0. The van der Waals surface area contributed by atoms with Crippen molar-refractivity contribution in [2.75, 3.05) is 37.7 Å². The van der Waals surface area contributed by atoms with Crippen LogP contribution in [0.25, 0.3) is 0 Å². The van der Waals surface area contributed by atoms with Crippen molar-refractivity contribution in [3.63, 3.8) is 0 Å². The first-order valence-corrected chi connectivity index (χ1v) is 9.70. The second kappa shape index (κ2) is 8.21. The van der Waals surface area contributed by atoms with Crippen molar-refractivity contribution in [1.82, 2.24) is 4.90 Å². The van der Waals surface area contributed by atoms with Crippen molar-refractivity contribution < 1.29 is 23.5 Å². The molecule has 2 heterocycles. The molecule has 2 saturated heterocycles. The minimum Gasteiger partial charge on any atom is -0.484 e. The maximum absolute atomic E-state index is 13.2. The number of para-hydroxylation sites is 1. The van der Waals surface area contributed by atoms with Crippen LogP contribution in [0.4, 0.5) is 10.1 Å². The van der Waals surface area contributed by atoms with Gasteiger partial charge in [0.2, 0.25) is 0 Å². The van der Waals surface area contributed by atoms with Gasteiger partial charge >= 0.3 is 0 Å². The number of benzene rings is 2. The van der Waals surface area contributed by atoms with Crippen LogP contribution in [0.5, 0.6) is 5.75 Å². The third-order valence-electron chi connectivity index (χ3n) is 5.50. The number of piperidine rings is 1. The Hall–Kier alpha value is -2.93. The average Bonchev–Trinajstić information content (AvgIpc) is 2.75. The van der Waals surface area contributed by atoms with Crippen molar-refractivity contribution in [2.45, 2.75) is 18.4 Å². The lowest BCUT2D eigenvalue weighted by Crippen LogP contribution is -2.59. The van der Waals surface area contributed by atoms with Gasteiger partial charge in [-0.05, 0) is 37.1 Å². The highest BCUT2D eigenvalue weighted by molar-refractivity contribution is 5.95. The van der Waals surface area contributed by atoms with E-state index in [4.69, 9.17) is 9.47 Å². The Morgan fingerprint density at radius 2 is 1.86 bits per heavy atom. The zero-order chi connectivity index (χ0) is 20.3. The van der Waals surface area contributed by atoms with Gasteiger partial charge in [0, 0.05) is 24.8 Å². The van der Waals surface area contributed by atoms with E-state index in [1.165, 1.54) is 12.1 Å². The number of nitrogens with zero attached hydrogens (tertiary/aromatic N) is 2. The number of halogens is 1. The molecule has 7 heteroatoms. The molecule has 0 bridgehead atoms. The zero-order valence-corrected chi connectivity index (χ0v) is 16.1. The largest absolute Gasteiger partial charge is 0.484 e. The van der Waals surface area contributed by atoms with Crippen LogP contribution in [0.2, 0.25) is 0 Å². The molecule has 0 aromatic heterocycles. The molecule has 6 nitrogen and oxygen atoms in total. The summed E-state index contributed by atoms with van der Waals surface area (Å²) < 4.78 is 24.6. The highest BCUT2D eigenvalue weighted by atomic mass is 19.1. The fourth-order valence-corrected chi connectivity index (χ4v) is 3.82. The molecule has 0 N–H and O–H groups in total. The quantitative estimate of drug-likeness (QED) is 0.795. The number of likely N-dealkylation sites (tertiary alicyclic amines) is 1. The molecule has 0 aliphatic carbocycles. The smallest absolute Gasteiger partial charge is 0.260 e. The molecule has 2 aromatic carbocycles. The summed E-state index contributed by atoms with van der Waals surface area (Å²) >= 11 is 0. The van der Waals surface area contributed by atoms with Crippen LogP contribution >= 0.6 is 0 Å². The Morgan fingerprint density at radius 3 is 2.59 bits per heavy atom. The summed E-state index contributed by atoms with van der Waals surface area (Å²) in [4.78, 5) is 28.3. The Bertz CT molecular complexity index is 881. The van der Waals surface area contributed by atoms with Gasteiger partial charge in [-0.25, -0.2) is 4.39 Å². The highest BCUT2D eigenvalue weighted by Gasteiger charge is 2.43. The molecule has 2 aliphatic rings. The van der Waals surface area contributed by atoms with Crippen molar-refractivity contribution in [3.8, 4) is 5.75 Å². The Labute approximate surface area is 168 Å². The topological polar surface area (TPSA) is 59.1 Å². The van der Waals surface area contributed by atoms with E-state index in [2.05, 4.69) is 0 Å². The van der Waals surface area contributed by atoms with E-state index in [0.717, 1.165) is 5.69 Å². The molecule has 0 radical (unpaired) electrons. The standard InChI is InChI=1S/C22H23FN2O4/c23-17-5-4-8-19(13-17)28-14-20(26)24-11-9-22(10-12-24)16-25(21(27)15-29-22)18-6-2-1-3-7-18/h1-8,13H,9-12,14-16H2. The summed E-state index contributed by atoms with van der Waals surface area (Å²) in [6, 6.07) is 15.3. The van der Waals surface area contributed by atoms with Gasteiger partial charge in [-0.1, -0.05) is 24.3 Å². The van der Waals surface area contributed by atoms with Crippen LogP contribution in [-0.4, -0.2) is 55.2 Å². The van der Waals surface area contributed by atoms with Crippen LogP contribution < -0.4 is 9.64 Å². The van der Waals surface area contributed by atoms with Gasteiger partial charge in [0.25, 0.3) is 11.8 Å². The molecule has 0 unspecified atom stereocenters. The van der Waals surface area contributed by atoms with Crippen molar-refractivity contribution >= 4 is 17.5 Å². The van der Waals surface area contributed by atoms with Gasteiger partial charge < -0.3 is 19.3 Å². The number of anilines is 1. The SMILES string of the molecule is O=C(COc1cccc(F)c1)N1CCC2(CC1)CN(c1ccccc1)C(=O)CO2. The lowest BCUT2D eigenvalue weighted by atomic mass is 9.89. The van der Waals surface area contributed by atoms with E-state index < -0.39 is 11.4 Å². The van der Waals surface area contributed by atoms with Gasteiger partial charge in [-0.15, -0.1) is 0 Å². The van der Waals surface area contributed by atoms with Gasteiger partial charge in [-0.2, -0.15) is 0 Å². The summed E-state index contributed by atoms with van der Waals surface area (Å²) in [6.07, 6.45) is 1.30. The maximum Gasteiger partial charge on any atom is 0.260 e. The van der Waals surface area contributed by atoms with E-state index in [9.17, 15) is 14.0 Å². The van der Waals surface area contributed by atoms with Gasteiger partial charge in [-0.3, -0.25) is 9.59 Å². The molecule has 29 heavy (non-hydrogen) atoms. The third kappa shape index (κ3) is 4.40. The van der Waals surface area contributed by atoms with E-state index in [1.54, 1.807) is 21.9 Å². The summed E-state index contributed by atoms with van der Waals surface area (Å²) in [5.74, 6) is -0.263. The minimum atomic E-state index is -0.441. The number of amides is 2. The predicted molar refractivity (Wildman–Crippen MR) is 105 cm³/mol. The van der Waals surface area contributed by atoms with E-state index in [1.807, 2.05) is 30.3 Å². The second-order valence-electron chi connectivity index (χ2n) is 7.41. The molecule has 0 atom stereocenters. The fraction of sp³-hybridized carbons (Fsp3) is 0.364. The first-order valence-electron chi connectivity index (χ1n) is 9.70. The first kappa shape index (κ1) is 19.4. The molecular weight excluding hydrogens is 375 g/mol. The number of hydrogen-bond acceptors (Lipinski definition) is 4. The Kier molecular flexibility index (Phi) is 5.49. The minimum absolute atomic E-state index is 0.0471. The molecule has 2 amide bonds. The van der Waals surface area contributed by atoms with Crippen molar-refractivity contribution in [3.05, 3.63) is 60.4 Å². The highest BCUT2D eigenvalue weighted by Crippen LogP contribution is 2.32. The van der Waals surface area contributed by atoms with Crippen LogP contribution in [0.15, 0.2) is 54.6 Å². The lowest BCUT2D eigenvalue weighted by molar-refractivity contribution is -0.151. The summed E-state index contributed by atoms with van der Waals surface area (Å²) in [5.41, 5.74) is 0.423. The molecule has 4 rings (SSSR count). The van der Waals surface area contributed by atoms with Crippen LogP contribution in [0.1, 0.15) is 12.8 Å². The zero-order valence-electron chi connectivity index (χ0n) is 16.1. The second-order valence-corrected chi connectivity index (χ2v) is 7.41. The number of hydrogen-bond donors (Lipinski definition) is 0. The lowest BCUT2D eigenvalue weighted by Gasteiger charge is -2.46. The first-order chi connectivity index (χ1) is 14.0. The van der Waals surface area contributed by atoms with Crippen molar-refractivity contribution in [1.29, 1.82) is 0 Å². The van der Waals surface area contributed by atoms with Gasteiger partial charge in [0.15, 0.2) is 6.61 Å². The van der Waals surface area contributed by atoms with E-state index in [0.29, 0.717) is 38.2 Å². The number of rotatable bonds is 4. The summed E-state index contributed by atoms with van der Waals surface area (Å²) in [6.45, 7) is 1.46. The molecule has 2 aliphatic heterocycles. The summed E-state index contributed by atoms with van der Waals surface area (Å²) in [5, 5.41) is 0.